The number of rotatable bonds is 6. The molecule has 0 aliphatic carbocycles. The Hall–Kier alpha value is -2.56. The average Bonchev–Trinajstić information content (AvgIpc) is 2.90. The lowest BCUT2D eigenvalue weighted by molar-refractivity contribution is -0.141. The monoisotopic (exact) mass is 287 g/mol. The van der Waals surface area contributed by atoms with Crippen molar-refractivity contribution in [3.63, 3.8) is 0 Å². The summed E-state index contributed by atoms with van der Waals surface area (Å²) >= 11 is 0. The van der Waals surface area contributed by atoms with Crippen LogP contribution in [-0.2, 0) is 11.2 Å². The van der Waals surface area contributed by atoms with E-state index in [1.807, 2.05) is 30.3 Å². The predicted octanol–water partition coefficient (Wildman–Crippen LogP) is 2.26. The molecular formula is C16H17NO4. The fraction of sp³-hybridized carbons (Fsp3) is 0.250. The second-order valence-electron chi connectivity index (χ2n) is 4.88. The quantitative estimate of drug-likeness (QED) is 0.854. The highest BCUT2D eigenvalue weighted by Gasteiger charge is 2.19. The number of carboxylic acids is 1. The molecule has 1 aromatic carbocycles. The number of carbonyl (C=O) groups excluding carboxylic acids is 1. The first-order valence-electron chi connectivity index (χ1n) is 6.66. The molecule has 5 heteroatoms. The fourth-order valence-corrected chi connectivity index (χ4v) is 2.03. The van der Waals surface area contributed by atoms with Gasteiger partial charge in [-0.1, -0.05) is 30.3 Å². The minimum Gasteiger partial charge on any atom is -0.481 e. The van der Waals surface area contributed by atoms with Crippen LogP contribution in [0.4, 0.5) is 0 Å². The summed E-state index contributed by atoms with van der Waals surface area (Å²) in [5, 5.41) is 11.9. The van der Waals surface area contributed by atoms with E-state index in [-0.39, 0.29) is 12.5 Å². The molecule has 2 rings (SSSR count). The summed E-state index contributed by atoms with van der Waals surface area (Å²) in [6, 6.07) is 11.0. The highest BCUT2D eigenvalue weighted by Crippen LogP contribution is 2.10. The summed E-state index contributed by atoms with van der Waals surface area (Å²) < 4.78 is 5.06. The number of amides is 1. The van der Waals surface area contributed by atoms with E-state index in [0.717, 1.165) is 5.56 Å². The largest absolute Gasteiger partial charge is 0.481 e. The van der Waals surface area contributed by atoms with Crippen molar-refractivity contribution in [3.8, 4) is 0 Å². The Morgan fingerprint density at radius 2 is 2.00 bits per heavy atom. The minimum atomic E-state index is -0.928. The molecule has 1 atom stereocenters. The van der Waals surface area contributed by atoms with Crippen LogP contribution in [0.3, 0.4) is 0 Å². The zero-order valence-electron chi connectivity index (χ0n) is 11.7. The van der Waals surface area contributed by atoms with Gasteiger partial charge in [0.1, 0.15) is 12.0 Å². The van der Waals surface area contributed by atoms with Gasteiger partial charge in [0.15, 0.2) is 0 Å². The number of carbonyl (C=O) groups is 2. The summed E-state index contributed by atoms with van der Waals surface area (Å²) in [5.74, 6) is -1.28. The van der Waals surface area contributed by atoms with Crippen LogP contribution in [0.25, 0.3) is 0 Å². The van der Waals surface area contributed by atoms with Crippen LogP contribution in [0.5, 0.6) is 0 Å². The number of aryl methyl sites for hydroxylation is 1. The number of hydrogen-bond donors (Lipinski definition) is 2. The van der Waals surface area contributed by atoms with E-state index < -0.39 is 11.9 Å². The Balaban J connectivity index is 1.94. The van der Waals surface area contributed by atoms with Gasteiger partial charge in [-0.15, -0.1) is 0 Å². The molecule has 1 unspecified atom stereocenters. The second-order valence-corrected chi connectivity index (χ2v) is 4.88. The summed E-state index contributed by atoms with van der Waals surface area (Å²) in [4.78, 5) is 23.2. The Bertz CT molecular complexity index is 618. The van der Waals surface area contributed by atoms with E-state index in [1.54, 1.807) is 13.0 Å². The molecule has 0 saturated carbocycles. The van der Waals surface area contributed by atoms with Crippen molar-refractivity contribution in [2.24, 2.45) is 5.92 Å². The van der Waals surface area contributed by atoms with Crippen LogP contribution in [0.2, 0.25) is 0 Å². The van der Waals surface area contributed by atoms with Crippen molar-refractivity contribution in [1.82, 2.24) is 5.32 Å². The molecule has 0 radical (unpaired) electrons. The van der Waals surface area contributed by atoms with Crippen molar-refractivity contribution in [3.05, 3.63) is 59.5 Å². The van der Waals surface area contributed by atoms with Gasteiger partial charge in [0.05, 0.1) is 11.5 Å². The van der Waals surface area contributed by atoms with Crippen LogP contribution >= 0.6 is 0 Å². The highest BCUT2D eigenvalue weighted by atomic mass is 16.4. The van der Waals surface area contributed by atoms with Gasteiger partial charge < -0.3 is 14.8 Å². The maximum Gasteiger partial charge on any atom is 0.308 e. The van der Waals surface area contributed by atoms with Crippen LogP contribution in [-0.4, -0.2) is 23.5 Å². The van der Waals surface area contributed by atoms with Crippen molar-refractivity contribution in [2.75, 3.05) is 6.54 Å². The predicted molar refractivity (Wildman–Crippen MR) is 77.1 cm³/mol. The van der Waals surface area contributed by atoms with Gasteiger partial charge in [-0.25, -0.2) is 0 Å². The molecule has 0 aliphatic heterocycles. The molecule has 0 aliphatic rings. The topological polar surface area (TPSA) is 79.5 Å². The lowest BCUT2D eigenvalue weighted by atomic mass is 9.99. The van der Waals surface area contributed by atoms with E-state index in [9.17, 15) is 14.7 Å². The molecule has 1 amide bonds. The number of hydrogen-bond acceptors (Lipinski definition) is 3. The number of benzene rings is 1. The number of nitrogens with one attached hydrogen (secondary N) is 1. The van der Waals surface area contributed by atoms with Crippen molar-refractivity contribution in [2.45, 2.75) is 13.3 Å². The Morgan fingerprint density at radius 1 is 1.29 bits per heavy atom. The van der Waals surface area contributed by atoms with E-state index in [0.29, 0.717) is 17.7 Å². The zero-order valence-corrected chi connectivity index (χ0v) is 11.7. The van der Waals surface area contributed by atoms with Gasteiger partial charge in [0, 0.05) is 6.54 Å². The van der Waals surface area contributed by atoms with Gasteiger partial charge in [0.2, 0.25) is 0 Å². The van der Waals surface area contributed by atoms with E-state index in [4.69, 9.17) is 4.42 Å². The van der Waals surface area contributed by atoms with Crippen molar-refractivity contribution >= 4 is 11.9 Å². The molecule has 1 heterocycles. The summed E-state index contributed by atoms with van der Waals surface area (Å²) in [6.45, 7) is 1.82. The lowest BCUT2D eigenvalue weighted by Crippen LogP contribution is -2.33. The zero-order chi connectivity index (χ0) is 15.2. The minimum absolute atomic E-state index is 0.0767. The fourth-order valence-electron chi connectivity index (χ4n) is 2.03. The third kappa shape index (κ3) is 4.21. The third-order valence-corrected chi connectivity index (χ3v) is 3.18. The first-order chi connectivity index (χ1) is 10.1. The van der Waals surface area contributed by atoms with E-state index in [1.165, 1.54) is 6.26 Å². The SMILES string of the molecule is Cc1cc(C(=O)NCC(Cc2ccccc2)C(=O)O)co1. The molecule has 2 aromatic rings. The number of aliphatic carboxylic acids is 1. The number of carboxylic acid groups (broad SMARTS) is 1. The average molecular weight is 287 g/mol. The van der Waals surface area contributed by atoms with E-state index >= 15 is 0 Å². The molecule has 0 bridgehead atoms. The Morgan fingerprint density at radius 3 is 2.57 bits per heavy atom. The second kappa shape index (κ2) is 6.74. The third-order valence-electron chi connectivity index (χ3n) is 3.18. The van der Waals surface area contributed by atoms with Crippen LogP contribution in [0, 0.1) is 12.8 Å². The van der Waals surface area contributed by atoms with Crippen LogP contribution < -0.4 is 5.32 Å². The summed E-state index contributed by atoms with van der Waals surface area (Å²) in [7, 11) is 0. The maximum atomic E-state index is 11.9. The normalized spacial score (nSPS) is 11.9. The van der Waals surface area contributed by atoms with Gasteiger partial charge in [-0.3, -0.25) is 9.59 Å². The molecular weight excluding hydrogens is 270 g/mol. The lowest BCUT2D eigenvalue weighted by Gasteiger charge is -2.13. The van der Waals surface area contributed by atoms with Crippen molar-refractivity contribution < 1.29 is 19.1 Å². The highest BCUT2D eigenvalue weighted by molar-refractivity contribution is 5.94. The molecule has 0 spiro atoms. The molecule has 5 nitrogen and oxygen atoms in total. The number of furan rings is 1. The molecule has 21 heavy (non-hydrogen) atoms. The van der Waals surface area contributed by atoms with Crippen molar-refractivity contribution in [1.29, 1.82) is 0 Å². The molecule has 110 valence electrons. The molecule has 2 N–H and O–H groups in total. The van der Waals surface area contributed by atoms with E-state index in [2.05, 4.69) is 5.32 Å². The van der Waals surface area contributed by atoms with Gasteiger partial charge in [0.25, 0.3) is 5.91 Å². The molecule has 0 saturated heterocycles. The Labute approximate surface area is 122 Å². The van der Waals surface area contributed by atoms with Gasteiger partial charge in [-0.2, -0.15) is 0 Å². The summed E-state index contributed by atoms with van der Waals surface area (Å²) in [6.07, 6.45) is 1.73. The van der Waals surface area contributed by atoms with Crippen LogP contribution in [0.1, 0.15) is 21.7 Å². The summed E-state index contributed by atoms with van der Waals surface area (Å²) in [5.41, 5.74) is 1.33. The van der Waals surface area contributed by atoms with Crippen LogP contribution in [0.15, 0.2) is 47.1 Å². The molecule has 1 aromatic heterocycles. The smallest absolute Gasteiger partial charge is 0.308 e. The van der Waals surface area contributed by atoms with Gasteiger partial charge >= 0.3 is 5.97 Å². The Kier molecular flexibility index (Phi) is 4.77. The standard InChI is InChI=1S/C16H17NO4/c1-11-7-14(10-21-11)15(18)17-9-13(16(19)20)8-12-5-3-2-4-6-12/h2-7,10,13H,8-9H2,1H3,(H,17,18)(H,19,20). The first kappa shape index (κ1) is 14.8. The first-order valence-corrected chi connectivity index (χ1v) is 6.66. The molecule has 0 fully saturated rings. The van der Waals surface area contributed by atoms with Gasteiger partial charge in [-0.05, 0) is 25.0 Å². The maximum absolute atomic E-state index is 11.9.